The summed E-state index contributed by atoms with van der Waals surface area (Å²) < 4.78 is 19.4. The molecule has 3 rings (SSSR count). The molecule has 0 radical (unpaired) electrons. The molecule has 2 aromatic rings. The number of ether oxygens (including phenoxy) is 1. The van der Waals surface area contributed by atoms with Crippen LogP contribution in [0.1, 0.15) is 45.2 Å². The largest absolute Gasteiger partial charge is 0.444 e. The van der Waals surface area contributed by atoms with Gasteiger partial charge in [0.2, 0.25) is 5.91 Å². The molecule has 1 aromatic heterocycles. The number of hydrogen-bond donors (Lipinski definition) is 2. The smallest absolute Gasteiger partial charge is 0.410 e. The molecule has 2 N–H and O–H groups in total. The van der Waals surface area contributed by atoms with Gasteiger partial charge in [-0.15, -0.1) is 0 Å². The van der Waals surface area contributed by atoms with Crippen LogP contribution in [0.3, 0.4) is 0 Å². The van der Waals surface area contributed by atoms with Gasteiger partial charge in [0.15, 0.2) is 0 Å². The minimum absolute atomic E-state index is 0.312. The maximum Gasteiger partial charge on any atom is 0.410 e. The monoisotopic (exact) mass is 429 g/mol. The van der Waals surface area contributed by atoms with E-state index in [1.807, 2.05) is 0 Å². The van der Waals surface area contributed by atoms with Crippen molar-refractivity contribution in [3.8, 4) is 11.1 Å². The Hall–Kier alpha value is -3.00. The third-order valence-corrected chi connectivity index (χ3v) is 5.08. The van der Waals surface area contributed by atoms with Crippen molar-refractivity contribution in [1.82, 2.24) is 15.2 Å². The van der Waals surface area contributed by atoms with Crippen molar-refractivity contribution in [1.29, 1.82) is 0 Å². The summed E-state index contributed by atoms with van der Waals surface area (Å²) in [5.41, 5.74) is 1.12. The zero-order valence-electron chi connectivity index (χ0n) is 18.0. The lowest BCUT2D eigenvalue weighted by Crippen LogP contribution is -2.48. The summed E-state index contributed by atoms with van der Waals surface area (Å²) in [5.74, 6) is -0.766. The second kappa shape index (κ2) is 9.43. The Morgan fingerprint density at radius 2 is 2.00 bits per heavy atom. The third-order valence-electron chi connectivity index (χ3n) is 5.08. The highest BCUT2D eigenvalue weighted by atomic mass is 19.1. The average molecular weight is 429 g/mol. The minimum Gasteiger partial charge on any atom is -0.444 e. The van der Waals surface area contributed by atoms with Crippen LogP contribution < -0.4 is 5.32 Å². The predicted molar refractivity (Wildman–Crippen MR) is 114 cm³/mol. The number of nitrogens with one attached hydrogen (secondary N) is 1. The van der Waals surface area contributed by atoms with Gasteiger partial charge in [-0.1, -0.05) is 24.3 Å². The van der Waals surface area contributed by atoms with Crippen LogP contribution in [0.2, 0.25) is 0 Å². The average Bonchev–Trinajstić information content (AvgIpc) is 3.22. The number of aliphatic hydroxyl groups excluding tert-OH is 1. The molecule has 2 atom stereocenters. The molecule has 0 spiro atoms. The molecule has 166 valence electrons. The SMILES string of the molecule is CC(C)(C)OC(=O)N1CCC[C@H]1C(=O)N[C@@H](CO)c1ccc(-c2ccncc2F)cc1. The van der Waals surface area contributed by atoms with Crippen LogP contribution in [0.15, 0.2) is 42.7 Å². The first-order chi connectivity index (χ1) is 14.7. The van der Waals surface area contributed by atoms with Gasteiger partial charge in [-0.05, 0) is 50.8 Å². The van der Waals surface area contributed by atoms with Crippen LogP contribution in [-0.2, 0) is 9.53 Å². The quantitative estimate of drug-likeness (QED) is 0.760. The van der Waals surface area contributed by atoms with Gasteiger partial charge in [-0.2, -0.15) is 0 Å². The number of carbonyl (C=O) groups is 2. The van der Waals surface area contributed by atoms with E-state index in [0.29, 0.717) is 36.1 Å². The Balaban J connectivity index is 1.69. The maximum atomic E-state index is 13.9. The predicted octanol–water partition coefficient (Wildman–Crippen LogP) is 3.44. The van der Waals surface area contributed by atoms with Crippen molar-refractivity contribution in [3.63, 3.8) is 0 Å². The van der Waals surface area contributed by atoms with E-state index in [0.717, 1.165) is 6.20 Å². The van der Waals surface area contributed by atoms with E-state index < -0.39 is 29.6 Å². The van der Waals surface area contributed by atoms with Gasteiger partial charge in [-0.3, -0.25) is 14.7 Å². The fourth-order valence-corrected chi connectivity index (χ4v) is 3.58. The molecule has 1 fully saturated rings. The second-order valence-corrected chi connectivity index (χ2v) is 8.55. The molecule has 0 bridgehead atoms. The van der Waals surface area contributed by atoms with Gasteiger partial charge < -0.3 is 15.2 Å². The van der Waals surface area contributed by atoms with Crippen molar-refractivity contribution >= 4 is 12.0 Å². The number of rotatable bonds is 5. The second-order valence-electron chi connectivity index (χ2n) is 8.55. The minimum atomic E-state index is -0.648. The summed E-state index contributed by atoms with van der Waals surface area (Å²) in [7, 11) is 0. The highest BCUT2D eigenvalue weighted by Crippen LogP contribution is 2.25. The molecule has 1 aliphatic rings. The zero-order chi connectivity index (χ0) is 22.6. The summed E-state index contributed by atoms with van der Waals surface area (Å²) in [6.07, 6.45) is 3.38. The van der Waals surface area contributed by atoms with Gasteiger partial charge in [0.1, 0.15) is 17.5 Å². The van der Waals surface area contributed by atoms with Crippen molar-refractivity contribution in [3.05, 3.63) is 54.1 Å². The highest BCUT2D eigenvalue weighted by Gasteiger charge is 2.37. The van der Waals surface area contributed by atoms with Crippen LogP contribution in [0.4, 0.5) is 9.18 Å². The number of halogens is 1. The third kappa shape index (κ3) is 5.58. The van der Waals surface area contributed by atoms with Crippen LogP contribution in [0, 0.1) is 5.82 Å². The van der Waals surface area contributed by atoms with Crippen LogP contribution in [-0.4, -0.2) is 51.8 Å². The summed E-state index contributed by atoms with van der Waals surface area (Å²) in [4.78, 5) is 30.5. The number of aliphatic hydroxyl groups is 1. The molecule has 0 saturated carbocycles. The van der Waals surface area contributed by atoms with E-state index in [4.69, 9.17) is 4.74 Å². The van der Waals surface area contributed by atoms with Gasteiger partial charge in [0.25, 0.3) is 0 Å². The Morgan fingerprint density at radius 1 is 1.29 bits per heavy atom. The first-order valence-corrected chi connectivity index (χ1v) is 10.3. The summed E-state index contributed by atoms with van der Waals surface area (Å²) in [6.45, 7) is 5.47. The van der Waals surface area contributed by atoms with Crippen LogP contribution in [0.5, 0.6) is 0 Å². The van der Waals surface area contributed by atoms with Gasteiger partial charge >= 0.3 is 6.09 Å². The van der Waals surface area contributed by atoms with Crippen molar-refractivity contribution < 1.29 is 23.8 Å². The zero-order valence-corrected chi connectivity index (χ0v) is 18.0. The Bertz CT molecular complexity index is 927. The first kappa shape index (κ1) is 22.7. The molecule has 0 unspecified atom stereocenters. The topological polar surface area (TPSA) is 91.8 Å². The number of hydrogen-bond acceptors (Lipinski definition) is 5. The molecule has 0 aliphatic carbocycles. The van der Waals surface area contributed by atoms with Gasteiger partial charge in [0.05, 0.1) is 18.8 Å². The van der Waals surface area contributed by atoms with Crippen LogP contribution >= 0.6 is 0 Å². The summed E-state index contributed by atoms with van der Waals surface area (Å²) in [6, 6.07) is 7.21. The van der Waals surface area contributed by atoms with E-state index in [9.17, 15) is 19.1 Å². The number of carbonyl (C=O) groups excluding carboxylic acids is 2. The fraction of sp³-hybridized carbons (Fsp3) is 0.435. The van der Waals surface area contributed by atoms with Gasteiger partial charge in [0, 0.05) is 18.3 Å². The highest BCUT2D eigenvalue weighted by molar-refractivity contribution is 5.86. The van der Waals surface area contributed by atoms with E-state index >= 15 is 0 Å². The molecule has 2 heterocycles. The Kier molecular flexibility index (Phi) is 6.90. The number of aromatic nitrogens is 1. The lowest BCUT2D eigenvalue weighted by atomic mass is 10.0. The molecular formula is C23H28FN3O4. The van der Waals surface area contributed by atoms with E-state index in [1.165, 1.54) is 11.1 Å². The number of benzene rings is 1. The lowest BCUT2D eigenvalue weighted by Gasteiger charge is -2.29. The lowest BCUT2D eigenvalue weighted by molar-refractivity contribution is -0.126. The molecule has 1 saturated heterocycles. The molecular weight excluding hydrogens is 401 g/mol. The molecule has 8 heteroatoms. The van der Waals surface area contributed by atoms with Crippen LogP contribution in [0.25, 0.3) is 11.1 Å². The van der Waals surface area contributed by atoms with Crippen molar-refractivity contribution in [2.24, 2.45) is 0 Å². The molecule has 1 aliphatic heterocycles. The number of amides is 2. The number of pyridine rings is 1. The number of nitrogens with zero attached hydrogens (tertiary/aromatic N) is 2. The standard InChI is InChI=1S/C23H28FN3O4/c1-23(2,3)31-22(30)27-12-4-5-20(27)21(29)26-19(14-28)16-8-6-15(7-9-16)17-10-11-25-13-18(17)24/h6-11,13,19-20,28H,4-5,12,14H2,1-3H3,(H,26,29)/t19-,20-/m0/s1. The molecule has 31 heavy (non-hydrogen) atoms. The van der Waals surface area contributed by atoms with E-state index in [-0.39, 0.29) is 12.5 Å². The summed E-state index contributed by atoms with van der Waals surface area (Å²) >= 11 is 0. The van der Waals surface area contributed by atoms with Crippen molar-refractivity contribution in [2.45, 2.75) is 51.3 Å². The summed E-state index contributed by atoms with van der Waals surface area (Å²) in [5, 5.41) is 12.7. The molecule has 7 nitrogen and oxygen atoms in total. The Labute approximate surface area is 181 Å². The molecule has 2 amide bonds. The van der Waals surface area contributed by atoms with E-state index in [1.54, 1.807) is 51.1 Å². The fourth-order valence-electron chi connectivity index (χ4n) is 3.58. The molecule has 1 aromatic carbocycles. The maximum absolute atomic E-state index is 13.9. The number of likely N-dealkylation sites (tertiary alicyclic amines) is 1. The normalized spacial score (nSPS) is 17.3. The first-order valence-electron chi connectivity index (χ1n) is 10.3. The van der Waals surface area contributed by atoms with Gasteiger partial charge in [-0.25, -0.2) is 9.18 Å². The Morgan fingerprint density at radius 3 is 2.61 bits per heavy atom. The van der Waals surface area contributed by atoms with Crippen molar-refractivity contribution in [2.75, 3.05) is 13.2 Å². The van der Waals surface area contributed by atoms with E-state index in [2.05, 4.69) is 10.3 Å².